The van der Waals surface area contributed by atoms with Crippen molar-refractivity contribution in [3.05, 3.63) is 35.9 Å². The Morgan fingerprint density at radius 3 is 1.92 bits per heavy atom. The molecule has 0 bridgehead atoms. The molecule has 0 saturated carbocycles. The Balaban J connectivity index is 2.32. The van der Waals surface area contributed by atoms with Gasteiger partial charge in [0.1, 0.15) is 0 Å². The summed E-state index contributed by atoms with van der Waals surface area (Å²) in [5.74, 6) is 0.345. The predicted molar refractivity (Wildman–Crippen MR) is 107 cm³/mol. The molecule has 0 heterocycles. The average molecular weight is 347 g/mol. The molecule has 25 heavy (non-hydrogen) atoms. The number of carbonyl (C=O) groups excluding carboxylic acids is 1. The zero-order valence-electron chi connectivity index (χ0n) is 16.5. The van der Waals surface area contributed by atoms with Crippen molar-refractivity contribution < 1.29 is 9.53 Å². The van der Waals surface area contributed by atoms with Gasteiger partial charge in [0, 0.05) is 0 Å². The lowest BCUT2D eigenvalue weighted by Gasteiger charge is -2.17. The first-order valence-corrected chi connectivity index (χ1v) is 10.5. The van der Waals surface area contributed by atoms with E-state index in [0.29, 0.717) is 18.1 Å². The summed E-state index contributed by atoms with van der Waals surface area (Å²) in [6.45, 7) is 5.08. The largest absolute Gasteiger partial charge is 0.462 e. The molecule has 1 unspecified atom stereocenters. The fraction of sp³-hybridized carbons (Fsp3) is 0.696. The van der Waals surface area contributed by atoms with Gasteiger partial charge in [-0.25, -0.2) is 4.79 Å². The third-order valence-corrected chi connectivity index (χ3v) is 4.89. The lowest BCUT2D eigenvalue weighted by Crippen LogP contribution is -2.14. The molecule has 0 fully saturated rings. The van der Waals surface area contributed by atoms with Crippen molar-refractivity contribution in [3.8, 4) is 0 Å². The van der Waals surface area contributed by atoms with Crippen molar-refractivity contribution in [2.45, 2.75) is 90.9 Å². The highest BCUT2D eigenvalue weighted by Gasteiger charge is 2.13. The van der Waals surface area contributed by atoms with Gasteiger partial charge < -0.3 is 4.74 Å². The van der Waals surface area contributed by atoms with E-state index in [-0.39, 0.29) is 5.97 Å². The Bertz CT molecular complexity index is 427. The molecule has 0 aliphatic carbocycles. The summed E-state index contributed by atoms with van der Waals surface area (Å²) in [5, 5.41) is 0. The SMILES string of the molecule is CCCCCCCCC(CCCCCC)COC(=O)c1ccccc1. The molecule has 0 aliphatic rings. The molecule has 2 nitrogen and oxygen atoms in total. The molecule has 1 aromatic carbocycles. The van der Waals surface area contributed by atoms with Crippen LogP contribution < -0.4 is 0 Å². The monoisotopic (exact) mass is 346 g/mol. The molecule has 0 N–H and O–H groups in total. The summed E-state index contributed by atoms with van der Waals surface area (Å²) in [4.78, 5) is 12.2. The van der Waals surface area contributed by atoms with Crippen molar-refractivity contribution in [2.24, 2.45) is 5.92 Å². The van der Waals surface area contributed by atoms with E-state index in [9.17, 15) is 4.79 Å². The van der Waals surface area contributed by atoms with Gasteiger partial charge in [-0.2, -0.15) is 0 Å². The van der Waals surface area contributed by atoms with Gasteiger partial charge in [0.15, 0.2) is 0 Å². The van der Waals surface area contributed by atoms with Crippen LogP contribution in [0.15, 0.2) is 30.3 Å². The maximum atomic E-state index is 12.2. The Hall–Kier alpha value is -1.31. The van der Waals surface area contributed by atoms with E-state index in [4.69, 9.17) is 4.74 Å². The molecule has 1 rings (SSSR count). The van der Waals surface area contributed by atoms with Gasteiger partial charge in [-0.3, -0.25) is 0 Å². The number of ether oxygens (including phenoxy) is 1. The number of hydrogen-bond acceptors (Lipinski definition) is 2. The molecule has 0 amide bonds. The summed E-state index contributed by atoms with van der Waals surface area (Å²) in [6.07, 6.45) is 15.5. The van der Waals surface area contributed by atoms with Crippen LogP contribution in [0, 0.1) is 5.92 Å². The number of benzene rings is 1. The van der Waals surface area contributed by atoms with E-state index in [1.165, 1.54) is 77.0 Å². The fourth-order valence-corrected chi connectivity index (χ4v) is 3.24. The molecule has 0 aliphatic heterocycles. The van der Waals surface area contributed by atoms with Crippen LogP contribution in [0.1, 0.15) is 101 Å². The van der Waals surface area contributed by atoms with E-state index < -0.39 is 0 Å². The van der Waals surface area contributed by atoms with Crippen LogP contribution in [0.3, 0.4) is 0 Å². The van der Waals surface area contributed by atoms with Crippen LogP contribution in [-0.2, 0) is 4.74 Å². The van der Waals surface area contributed by atoms with E-state index >= 15 is 0 Å². The van der Waals surface area contributed by atoms with Crippen LogP contribution in [0.4, 0.5) is 0 Å². The molecule has 0 saturated heterocycles. The van der Waals surface area contributed by atoms with E-state index in [1.54, 1.807) is 0 Å². The van der Waals surface area contributed by atoms with Gasteiger partial charge in [0.05, 0.1) is 12.2 Å². The fourth-order valence-electron chi connectivity index (χ4n) is 3.24. The normalized spacial score (nSPS) is 12.1. The smallest absolute Gasteiger partial charge is 0.338 e. The van der Waals surface area contributed by atoms with Crippen molar-refractivity contribution >= 4 is 5.97 Å². The number of hydrogen-bond donors (Lipinski definition) is 0. The highest BCUT2D eigenvalue weighted by Crippen LogP contribution is 2.20. The second-order valence-electron chi connectivity index (χ2n) is 7.24. The van der Waals surface area contributed by atoms with Crippen LogP contribution in [-0.4, -0.2) is 12.6 Å². The van der Waals surface area contributed by atoms with Crippen LogP contribution in [0.2, 0.25) is 0 Å². The van der Waals surface area contributed by atoms with Crippen molar-refractivity contribution in [1.82, 2.24) is 0 Å². The van der Waals surface area contributed by atoms with Crippen molar-refractivity contribution in [1.29, 1.82) is 0 Å². The first-order chi connectivity index (χ1) is 12.3. The summed E-state index contributed by atoms with van der Waals surface area (Å²) in [6, 6.07) is 9.34. The maximum absolute atomic E-state index is 12.2. The molecule has 2 heteroatoms. The first kappa shape index (κ1) is 21.7. The summed E-state index contributed by atoms with van der Waals surface area (Å²) < 4.78 is 5.60. The van der Waals surface area contributed by atoms with E-state index in [0.717, 1.165) is 0 Å². The Labute approximate surface area is 155 Å². The molecular weight excluding hydrogens is 308 g/mol. The predicted octanol–water partition coefficient (Wildman–Crippen LogP) is 7.18. The van der Waals surface area contributed by atoms with E-state index in [1.807, 2.05) is 30.3 Å². The molecule has 1 aromatic rings. The molecular formula is C23H38O2. The Morgan fingerprint density at radius 1 is 0.800 bits per heavy atom. The Kier molecular flexibility index (Phi) is 13.0. The lowest BCUT2D eigenvalue weighted by atomic mass is 9.95. The van der Waals surface area contributed by atoms with Crippen LogP contribution >= 0.6 is 0 Å². The highest BCUT2D eigenvalue weighted by molar-refractivity contribution is 5.89. The molecule has 0 spiro atoms. The lowest BCUT2D eigenvalue weighted by molar-refractivity contribution is 0.0422. The van der Waals surface area contributed by atoms with Crippen LogP contribution in [0.25, 0.3) is 0 Å². The number of esters is 1. The summed E-state index contributed by atoms with van der Waals surface area (Å²) in [5.41, 5.74) is 0.659. The second kappa shape index (κ2) is 15.0. The second-order valence-corrected chi connectivity index (χ2v) is 7.24. The molecule has 0 radical (unpaired) electrons. The van der Waals surface area contributed by atoms with Gasteiger partial charge in [-0.15, -0.1) is 0 Å². The van der Waals surface area contributed by atoms with Gasteiger partial charge in [0.25, 0.3) is 0 Å². The standard InChI is InChI=1S/C23H38O2/c1-3-5-7-9-10-13-17-21(16-12-8-6-4-2)20-25-23(24)22-18-14-11-15-19-22/h11,14-15,18-19,21H,3-10,12-13,16-17,20H2,1-2H3. The maximum Gasteiger partial charge on any atom is 0.338 e. The summed E-state index contributed by atoms with van der Waals surface area (Å²) >= 11 is 0. The minimum atomic E-state index is -0.179. The highest BCUT2D eigenvalue weighted by atomic mass is 16.5. The van der Waals surface area contributed by atoms with Gasteiger partial charge in [-0.05, 0) is 30.9 Å². The van der Waals surface area contributed by atoms with Crippen LogP contribution in [0.5, 0.6) is 0 Å². The van der Waals surface area contributed by atoms with Crippen molar-refractivity contribution in [2.75, 3.05) is 6.61 Å². The third kappa shape index (κ3) is 11.0. The van der Waals surface area contributed by atoms with Gasteiger partial charge in [0.2, 0.25) is 0 Å². The molecule has 0 aromatic heterocycles. The minimum absolute atomic E-state index is 0.179. The summed E-state index contributed by atoms with van der Waals surface area (Å²) in [7, 11) is 0. The minimum Gasteiger partial charge on any atom is -0.462 e. The average Bonchev–Trinajstić information content (AvgIpc) is 2.65. The quantitative estimate of drug-likeness (QED) is 0.248. The molecule has 1 atom stereocenters. The Morgan fingerprint density at radius 2 is 1.32 bits per heavy atom. The molecule has 142 valence electrons. The number of rotatable bonds is 15. The number of unbranched alkanes of at least 4 members (excludes halogenated alkanes) is 8. The van der Waals surface area contributed by atoms with Gasteiger partial charge in [-0.1, -0.05) is 96.3 Å². The zero-order valence-corrected chi connectivity index (χ0v) is 16.5. The first-order valence-electron chi connectivity index (χ1n) is 10.5. The van der Waals surface area contributed by atoms with Crippen molar-refractivity contribution in [3.63, 3.8) is 0 Å². The van der Waals surface area contributed by atoms with Gasteiger partial charge >= 0.3 is 5.97 Å². The number of carbonyl (C=O) groups is 1. The zero-order chi connectivity index (χ0) is 18.2. The third-order valence-electron chi connectivity index (χ3n) is 4.89. The topological polar surface area (TPSA) is 26.3 Å². The van der Waals surface area contributed by atoms with E-state index in [2.05, 4.69) is 13.8 Å².